The standard InChI is InChI=1S/C38H51O3P/c1-24(2)28-12-14-30-22-36(34(26(5)6)20-32(30)18-28)38(16-10-9-11-17-38)42(39,40,41)37-23-31-15-13-29(25(3)4)19-33(31)21-35(37)27(7)8/h12-15,18-27,39-41H,9-11,16-17H2,1-8H3. The van der Waals surface area contributed by atoms with Gasteiger partial charge in [0, 0.05) is 0 Å². The van der Waals surface area contributed by atoms with E-state index in [0.717, 1.165) is 52.1 Å². The molecule has 0 aromatic heterocycles. The molecule has 1 saturated carbocycles. The van der Waals surface area contributed by atoms with E-state index < -0.39 is 12.4 Å². The van der Waals surface area contributed by atoms with Crippen molar-refractivity contribution < 1.29 is 14.7 Å². The van der Waals surface area contributed by atoms with Crippen molar-refractivity contribution in [3.8, 4) is 0 Å². The molecule has 1 aliphatic rings. The molecule has 0 spiro atoms. The Bertz CT molecular complexity index is 1610. The van der Waals surface area contributed by atoms with Crippen LogP contribution in [0.2, 0.25) is 0 Å². The summed E-state index contributed by atoms with van der Waals surface area (Å²) in [4.78, 5) is 38.5. The fraction of sp³-hybridized carbons (Fsp3) is 0.474. The Labute approximate surface area is 253 Å². The molecule has 0 amide bonds. The molecule has 0 saturated heterocycles. The van der Waals surface area contributed by atoms with Gasteiger partial charge in [-0.1, -0.05) is 0 Å². The second kappa shape index (κ2) is 11.0. The van der Waals surface area contributed by atoms with Crippen LogP contribution in [0, 0.1) is 0 Å². The predicted molar refractivity (Wildman–Crippen MR) is 182 cm³/mol. The molecule has 0 aliphatic heterocycles. The van der Waals surface area contributed by atoms with Gasteiger partial charge in [-0.2, -0.15) is 0 Å². The first kappa shape index (κ1) is 31.1. The van der Waals surface area contributed by atoms with Gasteiger partial charge in [-0.3, -0.25) is 0 Å². The molecule has 5 rings (SSSR count). The fourth-order valence-corrected chi connectivity index (χ4v) is 10.8. The third kappa shape index (κ3) is 5.11. The van der Waals surface area contributed by atoms with Gasteiger partial charge in [-0.15, -0.1) is 0 Å². The molecule has 0 heterocycles. The van der Waals surface area contributed by atoms with Crippen LogP contribution >= 0.6 is 7.28 Å². The molecule has 4 heteroatoms. The summed E-state index contributed by atoms with van der Waals surface area (Å²) in [6.45, 7) is 17.3. The van der Waals surface area contributed by atoms with E-state index >= 15 is 0 Å². The van der Waals surface area contributed by atoms with E-state index in [2.05, 4.69) is 110 Å². The Morgan fingerprint density at radius 1 is 0.524 bits per heavy atom. The van der Waals surface area contributed by atoms with Crippen LogP contribution in [0.25, 0.3) is 21.5 Å². The van der Waals surface area contributed by atoms with E-state index in [1.165, 1.54) is 16.5 Å². The van der Waals surface area contributed by atoms with Crippen LogP contribution in [0.1, 0.15) is 139 Å². The minimum absolute atomic E-state index is 0.0105. The molecule has 3 N–H and O–H groups in total. The van der Waals surface area contributed by atoms with Gasteiger partial charge < -0.3 is 0 Å². The Morgan fingerprint density at radius 3 is 1.48 bits per heavy atom. The zero-order valence-corrected chi connectivity index (χ0v) is 27.8. The van der Waals surface area contributed by atoms with Crippen molar-refractivity contribution in [1.29, 1.82) is 0 Å². The molecule has 3 nitrogen and oxygen atoms in total. The summed E-state index contributed by atoms with van der Waals surface area (Å²) in [5.41, 5.74) is 5.39. The van der Waals surface area contributed by atoms with Crippen LogP contribution in [0.5, 0.6) is 0 Å². The van der Waals surface area contributed by atoms with Crippen LogP contribution in [0.15, 0.2) is 60.7 Å². The van der Waals surface area contributed by atoms with E-state index in [4.69, 9.17) is 0 Å². The molecular weight excluding hydrogens is 535 g/mol. The molecule has 0 unspecified atom stereocenters. The molecule has 1 aliphatic carbocycles. The number of fused-ring (bicyclic) bond motifs is 2. The molecule has 1 fully saturated rings. The second-order valence-corrected chi connectivity index (χ2v) is 17.6. The van der Waals surface area contributed by atoms with Crippen LogP contribution in [0.3, 0.4) is 0 Å². The van der Waals surface area contributed by atoms with Crippen molar-refractivity contribution in [2.45, 2.75) is 116 Å². The van der Waals surface area contributed by atoms with Crippen LogP contribution in [-0.4, -0.2) is 14.7 Å². The number of rotatable bonds is 7. The molecule has 4 aromatic carbocycles. The molecule has 0 radical (unpaired) electrons. The number of hydrogen-bond donors (Lipinski definition) is 3. The Hall–Kier alpha value is -2.29. The van der Waals surface area contributed by atoms with Crippen molar-refractivity contribution in [2.24, 2.45) is 0 Å². The van der Waals surface area contributed by atoms with Gasteiger partial charge in [0.05, 0.1) is 0 Å². The quantitative estimate of drug-likeness (QED) is 0.189. The number of benzene rings is 4. The normalized spacial score (nSPS) is 17.1. The van der Waals surface area contributed by atoms with Gasteiger partial charge in [0.2, 0.25) is 0 Å². The Balaban J connectivity index is 1.83. The molecule has 4 aromatic rings. The van der Waals surface area contributed by atoms with Crippen molar-refractivity contribution >= 4 is 34.1 Å². The topological polar surface area (TPSA) is 60.7 Å². The average molecular weight is 587 g/mol. The van der Waals surface area contributed by atoms with E-state index in [9.17, 15) is 14.7 Å². The average Bonchev–Trinajstić information content (AvgIpc) is 2.94. The summed E-state index contributed by atoms with van der Waals surface area (Å²) in [7, 11) is -5.54. The molecule has 0 atom stereocenters. The van der Waals surface area contributed by atoms with Gasteiger partial charge in [-0.25, -0.2) is 0 Å². The second-order valence-electron chi connectivity index (χ2n) is 14.3. The minimum atomic E-state index is -5.54. The summed E-state index contributed by atoms with van der Waals surface area (Å²) in [6.07, 6.45) is 3.83. The zero-order chi connectivity index (χ0) is 30.6. The van der Waals surface area contributed by atoms with E-state index in [0.29, 0.717) is 30.0 Å². The van der Waals surface area contributed by atoms with E-state index in [-0.39, 0.29) is 11.8 Å². The van der Waals surface area contributed by atoms with E-state index in [1.54, 1.807) is 0 Å². The van der Waals surface area contributed by atoms with Crippen molar-refractivity contribution in [3.05, 3.63) is 88.5 Å². The zero-order valence-electron chi connectivity index (χ0n) is 26.9. The SMILES string of the molecule is CC(C)c1ccc2cc(C3(P(O)(O)(O)c4cc5ccc(C(C)C)cc5cc4C(C)C)CCCCC3)c(C(C)C)cc2c1. The first-order valence-electron chi connectivity index (χ1n) is 16.1. The molecule has 42 heavy (non-hydrogen) atoms. The maximum absolute atomic E-state index is 12.8. The summed E-state index contributed by atoms with van der Waals surface area (Å²) in [5.74, 6) is 0.995. The third-order valence-corrected chi connectivity index (χ3v) is 13.6. The predicted octanol–water partition coefficient (Wildman–Crippen LogP) is 10.2. The Kier molecular flexibility index (Phi) is 8.16. The van der Waals surface area contributed by atoms with Gasteiger partial charge in [0.15, 0.2) is 0 Å². The summed E-state index contributed by atoms with van der Waals surface area (Å²) < 4.78 is 0. The van der Waals surface area contributed by atoms with Crippen molar-refractivity contribution in [3.63, 3.8) is 0 Å². The van der Waals surface area contributed by atoms with Crippen LogP contribution < -0.4 is 5.30 Å². The van der Waals surface area contributed by atoms with E-state index in [1.807, 2.05) is 6.07 Å². The summed E-state index contributed by atoms with van der Waals surface area (Å²) in [6, 6.07) is 21.4. The van der Waals surface area contributed by atoms with Gasteiger partial charge in [0.25, 0.3) is 0 Å². The first-order chi connectivity index (χ1) is 19.6. The van der Waals surface area contributed by atoms with Crippen molar-refractivity contribution in [1.82, 2.24) is 0 Å². The summed E-state index contributed by atoms with van der Waals surface area (Å²) in [5, 5.41) is 3.44. The number of hydrogen-bond acceptors (Lipinski definition) is 3. The molecular formula is C38H51O3P. The molecule has 0 bridgehead atoms. The fourth-order valence-electron chi connectivity index (χ4n) is 7.34. The molecule has 226 valence electrons. The first-order valence-corrected chi connectivity index (χ1v) is 18.2. The summed E-state index contributed by atoms with van der Waals surface area (Å²) >= 11 is 0. The van der Waals surface area contributed by atoms with Gasteiger partial charge in [-0.05, 0) is 0 Å². The van der Waals surface area contributed by atoms with Gasteiger partial charge >= 0.3 is 254 Å². The van der Waals surface area contributed by atoms with Crippen LogP contribution in [0.4, 0.5) is 0 Å². The van der Waals surface area contributed by atoms with Crippen molar-refractivity contribution in [2.75, 3.05) is 0 Å². The third-order valence-electron chi connectivity index (χ3n) is 10.0. The van der Waals surface area contributed by atoms with Gasteiger partial charge in [0.1, 0.15) is 0 Å². The Morgan fingerprint density at radius 2 is 1.00 bits per heavy atom. The van der Waals surface area contributed by atoms with Crippen LogP contribution in [-0.2, 0) is 5.16 Å². The maximum atomic E-state index is 12.8. The monoisotopic (exact) mass is 586 g/mol.